The molecule has 2 rings (SSSR count). The molecular weight excluding hydrogens is 166 g/mol. The lowest BCUT2D eigenvalue weighted by Crippen LogP contribution is -2.58. The second-order valence-electron chi connectivity index (χ2n) is 4.01. The van der Waals surface area contributed by atoms with Crippen LogP contribution in [0.4, 0.5) is 4.79 Å². The van der Waals surface area contributed by atoms with Gasteiger partial charge in [0.2, 0.25) is 0 Å². The molecule has 0 aliphatic carbocycles. The van der Waals surface area contributed by atoms with Crippen molar-refractivity contribution in [2.45, 2.75) is 31.2 Å². The van der Waals surface area contributed by atoms with Crippen molar-refractivity contribution in [2.24, 2.45) is 0 Å². The molecule has 0 bridgehead atoms. The molecule has 2 aliphatic heterocycles. The molecule has 74 valence electrons. The molecule has 0 saturated carbocycles. The summed E-state index contributed by atoms with van der Waals surface area (Å²) < 4.78 is 0. The zero-order valence-electron chi connectivity index (χ0n) is 7.86. The summed E-state index contributed by atoms with van der Waals surface area (Å²) >= 11 is 0. The Morgan fingerprint density at radius 1 is 1.08 bits per heavy atom. The van der Waals surface area contributed by atoms with E-state index in [1.165, 1.54) is 6.42 Å². The van der Waals surface area contributed by atoms with E-state index in [-0.39, 0.29) is 11.6 Å². The van der Waals surface area contributed by atoms with Crippen LogP contribution >= 0.6 is 0 Å². The Morgan fingerprint density at radius 2 is 1.92 bits per heavy atom. The number of hydrogen-bond donors (Lipinski definition) is 3. The second-order valence-corrected chi connectivity index (χ2v) is 4.01. The molecule has 3 N–H and O–H groups in total. The van der Waals surface area contributed by atoms with Crippen LogP contribution in [0.15, 0.2) is 0 Å². The average molecular weight is 183 g/mol. The first-order valence-electron chi connectivity index (χ1n) is 5.08. The number of carbonyl (C=O) groups is 1. The minimum Gasteiger partial charge on any atom is -0.338 e. The lowest BCUT2D eigenvalue weighted by molar-refractivity contribution is 0.197. The van der Waals surface area contributed by atoms with E-state index < -0.39 is 0 Å². The van der Waals surface area contributed by atoms with Gasteiger partial charge < -0.3 is 16.0 Å². The highest BCUT2D eigenvalue weighted by Gasteiger charge is 2.34. The van der Waals surface area contributed by atoms with Crippen LogP contribution in [0.3, 0.4) is 0 Å². The molecule has 2 heterocycles. The number of nitrogens with one attached hydrogen (secondary N) is 3. The van der Waals surface area contributed by atoms with Crippen LogP contribution in [0.5, 0.6) is 0 Å². The minimum absolute atomic E-state index is 0.00755. The molecular formula is C9H17N3O. The third kappa shape index (κ3) is 1.94. The summed E-state index contributed by atoms with van der Waals surface area (Å²) in [6.07, 6.45) is 4.43. The van der Waals surface area contributed by atoms with Crippen molar-refractivity contribution in [3.05, 3.63) is 0 Å². The maximum atomic E-state index is 11.2. The minimum atomic E-state index is 0.00755. The zero-order valence-corrected chi connectivity index (χ0v) is 7.86. The molecule has 1 spiro atoms. The summed E-state index contributed by atoms with van der Waals surface area (Å²) in [6.45, 7) is 2.94. The number of hydrogen-bond acceptors (Lipinski definition) is 2. The highest BCUT2D eigenvalue weighted by atomic mass is 16.2. The Bertz CT molecular complexity index is 197. The summed E-state index contributed by atoms with van der Waals surface area (Å²) in [6, 6.07) is 0.00755. The smallest absolute Gasteiger partial charge is 0.315 e. The maximum Gasteiger partial charge on any atom is 0.315 e. The zero-order chi connectivity index (χ0) is 9.15. The molecule has 0 radical (unpaired) electrons. The Balaban J connectivity index is 2.02. The van der Waals surface area contributed by atoms with E-state index in [0.717, 1.165) is 38.9 Å². The molecule has 0 aromatic carbocycles. The first kappa shape index (κ1) is 8.81. The van der Waals surface area contributed by atoms with Crippen molar-refractivity contribution in [3.63, 3.8) is 0 Å². The largest absolute Gasteiger partial charge is 0.338 e. The second kappa shape index (κ2) is 3.54. The molecule has 4 heteroatoms. The maximum absolute atomic E-state index is 11.2. The molecule has 1 atom stereocenters. The molecule has 4 nitrogen and oxygen atoms in total. The highest BCUT2D eigenvalue weighted by molar-refractivity contribution is 5.75. The fraction of sp³-hybridized carbons (Fsp3) is 0.889. The summed E-state index contributed by atoms with van der Waals surface area (Å²) in [5.41, 5.74) is 0.0891. The quantitative estimate of drug-likeness (QED) is 0.502. The van der Waals surface area contributed by atoms with E-state index in [2.05, 4.69) is 16.0 Å². The lowest BCUT2D eigenvalue weighted by atomic mass is 9.86. The van der Waals surface area contributed by atoms with Crippen LogP contribution in [0.1, 0.15) is 25.7 Å². The van der Waals surface area contributed by atoms with Gasteiger partial charge in [0.25, 0.3) is 0 Å². The van der Waals surface area contributed by atoms with Crippen molar-refractivity contribution in [1.82, 2.24) is 16.0 Å². The average Bonchev–Trinajstić information content (AvgIpc) is 2.31. The standard InChI is InChI=1S/C9H17N3O/c13-8-11-7-4-9(12-8)2-1-5-10-6-3-9/h10H,1-7H2,(H2,11,12,13). The van der Waals surface area contributed by atoms with Crippen LogP contribution < -0.4 is 16.0 Å². The Labute approximate surface area is 78.5 Å². The van der Waals surface area contributed by atoms with Gasteiger partial charge in [-0.25, -0.2) is 4.79 Å². The van der Waals surface area contributed by atoms with Gasteiger partial charge in [-0.2, -0.15) is 0 Å². The molecule has 13 heavy (non-hydrogen) atoms. The number of urea groups is 1. The van der Waals surface area contributed by atoms with E-state index in [1.54, 1.807) is 0 Å². The molecule has 2 aliphatic rings. The van der Waals surface area contributed by atoms with Gasteiger partial charge in [-0.1, -0.05) is 0 Å². The van der Waals surface area contributed by atoms with Gasteiger partial charge in [-0.05, 0) is 38.8 Å². The highest BCUT2D eigenvalue weighted by Crippen LogP contribution is 2.24. The Kier molecular flexibility index (Phi) is 2.40. The Morgan fingerprint density at radius 3 is 2.77 bits per heavy atom. The van der Waals surface area contributed by atoms with Gasteiger partial charge in [0.05, 0.1) is 0 Å². The van der Waals surface area contributed by atoms with Crippen molar-refractivity contribution < 1.29 is 4.79 Å². The van der Waals surface area contributed by atoms with Gasteiger partial charge >= 0.3 is 6.03 Å². The van der Waals surface area contributed by atoms with Gasteiger partial charge in [-0.15, -0.1) is 0 Å². The molecule has 0 aromatic heterocycles. The molecule has 2 fully saturated rings. The van der Waals surface area contributed by atoms with Gasteiger partial charge in [0.1, 0.15) is 0 Å². The van der Waals surface area contributed by atoms with Crippen LogP contribution in [0.2, 0.25) is 0 Å². The van der Waals surface area contributed by atoms with E-state index >= 15 is 0 Å². The van der Waals surface area contributed by atoms with Crippen molar-refractivity contribution in [2.75, 3.05) is 19.6 Å². The fourth-order valence-electron chi connectivity index (χ4n) is 2.27. The fourth-order valence-corrected chi connectivity index (χ4v) is 2.27. The predicted molar refractivity (Wildman–Crippen MR) is 50.6 cm³/mol. The van der Waals surface area contributed by atoms with E-state index in [0.29, 0.717) is 0 Å². The van der Waals surface area contributed by atoms with Gasteiger partial charge in [0, 0.05) is 12.1 Å². The SMILES string of the molecule is O=C1NCCC2(CCCNCC2)N1. The van der Waals surface area contributed by atoms with E-state index in [9.17, 15) is 4.79 Å². The van der Waals surface area contributed by atoms with E-state index in [4.69, 9.17) is 0 Å². The van der Waals surface area contributed by atoms with E-state index in [1.807, 2.05) is 0 Å². The topological polar surface area (TPSA) is 53.2 Å². The third-order valence-electron chi connectivity index (χ3n) is 3.06. The first-order chi connectivity index (χ1) is 6.31. The van der Waals surface area contributed by atoms with Crippen LogP contribution in [0.25, 0.3) is 0 Å². The lowest BCUT2D eigenvalue weighted by Gasteiger charge is -2.37. The molecule has 0 aromatic rings. The summed E-state index contributed by atoms with van der Waals surface area (Å²) in [4.78, 5) is 11.2. The van der Waals surface area contributed by atoms with Crippen molar-refractivity contribution >= 4 is 6.03 Å². The van der Waals surface area contributed by atoms with Gasteiger partial charge in [0.15, 0.2) is 0 Å². The molecule has 1 unspecified atom stereocenters. The van der Waals surface area contributed by atoms with Crippen LogP contribution in [-0.2, 0) is 0 Å². The van der Waals surface area contributed by atoms with Crippen molar-refractivity contribution in [3.8, 4) is 0 Å². The summed E-state index contributed by atoms with van der Waals surface area (Å²) in [5.74, 6) is 0. The van der Waals surface area contributed by atoms with Gasteiger partial charge in [-0.3, -0.25) is 0 Å². The van der Waals surface area contributed by atoms with Crippen LogP contribution in [0, 0.1) is 0 Å². The first-order valence-corrected chi connectivity index (χ1v) is 5.08. The third-order valence-corrected chi connectivity index (χ3v) is 3.06. The number of carbonyl (C=O) groups excluding carboxylic acids is 1. The summed E-state index contributed by atoms with van der Waals surface area (Å²) in [5, 5.41) is 9.25. The normalized spacial score (nSPS) is 34.9. The molecule has 2 saturated heterocycles. The predicted octanol–water partition coefficient (Wildman–Crippen LogP) is 0.202. The summed E-state index contributed by atoms with van der Waals surface area (Å²) in [7, 11) is 0. The Hall–Kier alpha value is -0.770. The van der Waals surface area contributed by atoms with Crippen LogP contribution in [-0.4, -0.2) is 31.2 Å². The number of rotatable bonds is 0. The van der Waals surface area contributed by atoms with Crippen molar-refractivity contribution in [1.29, 1.82) is 0 Å². The monoisotopic (exact) mass is 183 g/mol. The molecule has 2 amide bonds. The number of amides is 2.